The largest absolute Gasteiger partial charge is 0.508 e. The molecule has 1 saturated heterocycles. The number of amides is 3. The summed E-state index contributed by atoms with van der Waals surface area (Å²) in [4.78, 5) is 62.8. The minimum absolute atomic E-state index is 0.0218. The van der Waals surface area contributed by atoms with Gasteiger partial charge in [0.2, 0.25) is 17.7 Å². The van der Waals surface area contributed by atoms with Gasteiger partial charge < -0.3 is 36.6 Å². The number of nitrogens with zero attached hydrogens (tertiary/aromatic N) is 1. The summed E-state index contributed by atoms with van der Waals surface area (Å²) >= 11 is 0. The number of hydrogen-bond acceptors (Lipinski definition) is 7. The van der Waals surface area contributed by atoms with Gasteiger partial charge in [0.25, 0.3) is 0 Å². The number of phenolic OH excluding ortho intramolecular Hbond substituents is 1. The fraction of sp³-hybridized carbons (Fsp3) is 0.542. The second-order valence-electron chi connectivity index (χ2n) is 9.35. The quantitative estimate of drug-likeness (QED) is 0.223. The number of carboxylic acid groups (broad SMARTS) is 2. The Hall–Kier alpha value is -3.67. The maximum atomic E-state index is 13.4. The van der Waals surface area contributed by atoms with Crippen LogP contribution in [0.25, 0.3) is 0 Å². The number of phenols is 1. The van der Waals surface area contributed by atoms with Crippen molar-refractivity contribution in [1.29, 1.82) is 0 Å². The molecule has 1 aliphatic heterocycles. The average Bonchev–Trinajstić information content (AvgIpc) is 3.28. The van der Waals surface area contributed by atoms with E-state index in [4.69, 9.17) is 10.8 Å². The molecule has 2 rings (SSSR count). The molecule has 1 aromatic carbocycles. The molecule has 0 bridgehead atoms. The van der Waals surface area contributed by atoms with Crippen molar-refractivity contribution in [2.45, 2.75) is 70.1 Å². The van der Waals surface area contributed by atoms with Crippen LogP contribution in [0.3, 0.4) is 0 Å². The number of carbonyl (C=O) groups excluding carboxylic acids is 3. The highest BCUT2D eigenvalue weighted by Crippen LogP contribution is 2.20. The van der Waals surface area contributed by atoms with Gasteiger partial charge in [0.15, 0.2) is 0 Å². The molecule has 4 unspecified atom stereocenters. The molecule has 198 valence electrons. The van der Waals surface area contributed by atoms with E-state index in [2.05, 4.69) is 10.6 Å². The van der Waals surface area contributed by atoms with E-state index in [1.807, 2.05) is 13.8 Å². The minimum atomic E-state index is -1.36. The fourth-order valence-electron chi connectivity index (χ4n) is 4.09. The number of aromatic hydroxyl groups is 1. The van der Waals surface area contributed by atoms with Crippen LogP contribution in [0.2, 0.25) is 0 Å². The number of aliphatic carboxylic acids is 2. The molecule has 1 aliphatic rings. The Morgan fingerprint density at radius 3 is 2.19 bits per heavy atom. The summed E-state index contributed by atoms with van der Waals surface area (Å²) in [6.45, 7) is 3.88. The van der Waals surface area contributed by atoms with Crippen LogP contribution in [0.5, 0.6) is 5.75 Å². The van der Waals surface area contributed by atoms with Crippen LogP contribution < -0.4 is 16.4 Å². The zero-order chi connectivity index (χ0) is 27.0. The molecule has 36 heavy (non-hydrogen) atoms. The van der Waals surface area contributed by atoms with Gasteiger partial charge in [0, 0.05) is 13.0 Å². The summed E-state index contributed by atoms with van der Waals surface area (Å²) in [5.41, 5.74) is 6.24. The van der Waals surface area contributed by atoms with E-state index in [0.717, 1.165) is 0 Å². The first kappa shape index (κ1) is 28.6. The van der Waals surface area contributed by atoms with Crippen LogP contribution in [0.15, 0.2) is 24.3 Å². The maximum absolute atomic E-state index is 13.4. The van der Waals surface area contributed by atoms with Crippen LogP contribution >= 0.6 is 0 Å². The Labute approximate surface area is 208 Å². The highest BCUT2D eigenvalue weighted by Gasteiger charge is 2.38. The summed E-state index contributed by atoms with van der Waals surface area (Å²) < 4.78 is 0. The van der Waals surface area contributed by atoms with Gasteiger partial charge in [-0.05, 0) is 42.9 Å². The Kier molecular flexibility index (Phi) is 10.2. The first-order valence-corrected chi connectivity index (χ1v) is 11.8. The molecular weight excluding hydrogens is 472 g/mol. The normalized spacial score (nSPS) is 17.8. The molecule has 0 aliphatic carbocycles. The lowest BCUT2D eigenvalue weighted by atomic mass is 10.00. The van der Waals surface area contributed by atoms with Gasteiger partial charge in [-0.15, -0.1) is 0 Å². The highest BCUT2D eigenvalue weighted by atomic mass is 16.4. The Bertz CT molecular complexity index is 965. The first-order valence-electron chi connectivity index (χ1n) is 11.8. The molecule has 4 atom stereocenters. The van der Waals surface area contributed by atoms with Crippen LogP contribution in [0, 0.1) is 5.92 Å². The summed E-state index contributed by atoms with van der Waals surface area (Å²) in [6, 6.07) is 1.43. The third-order valence-electron chi connectivity index (χ3n) is 5.88. The summed E-state index contributed by atoms with van der Waals surface area (Å²) in [5.74, 6) is -4.48. The van der Waals surface area contributed by atoms with Crippen molar-refractivity contribution in [1.82, 2.24) is 15.5 Å². The van der Waals surface area contributed by atoms with E-state index in [0.29, 0.717) is 18.4 Å². The van der Waals surface area contributed by atoms with E-state index in [9.17, 15) is 34.2 Å². The molecule has 7 N–H and O–H groups in total. The Balaban J connectivity index is 2.27. The molecule has 1 heterocycles. The van der Waals surface area contributed by atoms with Crippen molar-refractivity contribution in [3.63, 3.8) is 0 Å². The van der Waals surface area contributed by atoms with E-state index < -0.39 is 60.2 Å². The first-order chi connectivity index (χ1) is 16.9. The number of carbonyl (C=O) groups is 5. The van der Waals surface area contributed by atoms with Crippen LogP contribution in [-0.4, -0.2) is 80.6 Å². The Morgan fingerprint density at radius 1 is 1.03 bits per heavy atom. The zero-order valence-corrected chi connectivity index (χ0v) is 20.3. The van der Waals surface area contributed by atoms with Gasteiger partial charge >= 0.3 is 11.9 Å². The minimum Gasteiger partial charge on any atom is -0.508 e. The van der Waals surface area contributed by atoms with Gasteiger partial charge in [0.05, 0.1) is 12.5 Å². The van der Waals surface area contributed by atoms with Crippen molar-refractivity contribution >= 4 is 29.7 Å². The second kappa shape index (κ2) is 12.9. The Morgan fingerprint density at radius 2 is 1.64 bits per heavy atom. The molecule has 3 amide bonds. The third-order valence-corrected chi connectivity index (χ3v) is 5.88. The summed E-state index contributed by atoms with van der Waals surface area (Å²) in [6.07, 6.45) is 0.410. The van der Waals surface area contributed by atoms with E-state index in [1.54, 1.807) is 12.1 Å². The van der Waals surface area contributed by atoms with Crippen molar-refractivity contribution in [2.75, 3.05) is 6.54 Å². The summed E-state index contributed by atoms with van der Waals surface area (Å²) in [7, 11) is 0. The molecule has 1 fully saturated rings. The van der Waals surface area contributed by atoms with E-state index in [-0.39, 0.29) is 31.1 Å². The monoisotopic (exact) mass is 506 g/mol. The molecule has 0 radical (unpaired) electrons. The van der Waals surface area contributed by atoms with Crippen molar-refractivity contribution < 1.29 is 39.3 Å². The van der Waals surface area contributed by atoms with Gasteiger partial charge in [-0.25, -0.2) is 4.79 Å². The number of nitrogens with one attached hydrogen (secondary N) is 2. The molecule has 0 saturated carbocycles. The van der Waals surface area contributed by atoms with Gasteiger partial charge in [-0.2, -0.15) is 0 Å². The number of hydrogen-bond donors (Lipinski definition) is 6. The number of rotatable bonds is 12. The predicted molar refractivity (Wildman–Crippen MR) is 128 cm³/mol. The number of nitrogens with two attached hydrogens (primary N) is 1. The smallest absolute Gasteiger partial charge is 0.326 e. The lowest BCUT2D eigenvalue weighted by molar-refractivity contribution is -0.149. The lowest BCUT2D eigenvalue weighted by Crippen LogP contribution is -2.58. The average molecular weight is 507 g/mol. The number of likely N-dealkylation sites (tertiary alicyclic amines) is 1. The number of carboxylic acids is 2. The van der Waals surface area contributed by atoms with Crippen molar-refractivity contribution in [3.8, 4) is 5.75 Å². The van der Waals surface area contributed by atoms with Crippen LogP contribution in [0.1, 0.15) is 45.1 Å². The second-order valence-corrected chi connectivity index (χ2v) is 9.35. The topological polar surface area (TPSA) is 199 Å². The highest BCUT2D eigenvalue weighted by molar-refractivity contribution is 5.95. The van der Waals surface area contributed by atoms with Gasteiger partial charge in [-0.1, -0.05) is 26.0 Å². The summed E-state index contributed by atoms with van der Waals surface area (Å²) in [5, 5.41) is 33.1. The maximum Gasteiger partial charge on any atom is 0.326 e. The molecular formula is C24H34N4O8. The standard InChI is InChI=1S/C24H34N4O8/c1-13(2)10-17(26-21(32)16(25)12-20(30)31)22(33)27-18(11-14-5-7-15(29)8-6-14)23(34)28-9-3-4-19(28)24(35)36/h5-8,13,16-19,29H,3-4,9-12,25H2,1-2H3,(H,26,32)(H,27,33)(H,30,31)(H,35,36). The third kappa shape index (κ3) is 8.22. The molecule has 0 aromatic heterocycles. The molecule has 12 heteroatoms. The van der Waals surface area contributed by atoms with Crippen molar-refractivity contribution in [2.24, 2.45) is 11.7 Å². The van der Waals surface area contributed by atoms with Crippen LogP contribution in [0.4, 0.5) is 0 Å². The molecule has 0 spiro atoms. The van der Waals surface area contributed by atoms with Gasteiger partial charge in [-0.3, -0.25) is 19.2 Å². The molecule has 12 nitrogen and oxygen atoms in total. The molecule has 1 aromatic rings. The van der Waals surface area contributed by atoms with Crippen molar-refractivity contribution in [3.05, 3.63) is 29.8 Å². The lowest BCUT2D eigenvalue weighted by Gasteiger charge is -2.29. The van der Waals surface area contributed by atoms with E-state index >= 15 is 0 Å². The van der Waals surface area contributed by atoms with Gasteiger partial charge in [0.1, 0.15) is 23.9 Å². The zero-order valence-electron chi connectivity index (χ0n) is 20.3. The predicted octanol–water partition coefficient (Wildman–Crippen LogP) is -0.172. The SMILES string of the molecule is CC(C)CC(NC(=O)C(N)CC(=O)O)C(=O)NC(Cc1ccc(O)cc1)C(=O)N1CCCC1C(=O)O. The fourth-order valence-corrected chi connectivity index (χ4v) is 4.09. The number of benzene rings is 1. The van der Waals surface area contributed by atoms with Crippen LogP contribution in [-0.2, 0) is 30.4 Å². The van der Waals surface area contributed by atoms with E-state index in [1.165, 1.54) is 17.0 Å².